The van der Waals surface area contributed by atoms with Gasteiger partial charge in [0, 0.05) is 39.3 Å². The van der Waals surface area contributed by atoms with E-state index in [1.54, 1.807) is 19.2 Å². The molecule has 6 nitrogen and oxygen atoms in total. The van der Waals surface area contributed by atoms with Gasteiger partial charge in [0.25, 0.3) is 0 Å². The number of benzene rings is 1. The quantitative estimate of drug-likeness (QED) is 0.233. The average Bonchev–Trinajstić information content (AvgIpc) is 2.68. The Bertz CT molecular complexity index is 566. The molecule has 2 N–H and O–H groups in total. The number of ether oxygens (including phenoxy) is 2. The van der Waals surface area contributed by atoms with Crippen molar-refractivity contribution >= 4 is 29.9 Å². The van der Waals surface area contributed by atoms with Crippen LogP contribution in [-0.4, -0.2) is 69.9 Å². The Hall–Kier alpha value is -1.13. The molecule has 1 atom stereocenters. The van der Waals surface area contributed by atoms with Crippen molar-refractivity contribution in [1.82, 2.24) is 15.5 Å². The van der Waals surface area contributed by atoms with Crippen molar-refractivity contribution < 1.29 is 13.9 Å². The van der Waals surface area contributed by atoms with Crippen LogP contribution in [0.4, 0.5) is 4.39 Å². The molecule has 1 aromatic rings. The molecule has 0 bridgehead atoms. The molecule has 0 saturated carbocycles. The van der Waals surface area contributed by atoms with Gasteiger partial charge in [-0.1, -0.05) is 13.8 Å². The van der Waals surface area contributed by atoms with Gasteiger partial charge in [-0.05, 0) is 36.6 Å². The van der Waals surface area contributed by atoms with Gasteiger partial charge in [-0.2, -0.15) is 0 Å². The summed E-state index contributed by atoms with van der Waals surface area (Å²) in [6.07, 6.45) is 0.829. The lowest BCUT2D eigenvalue weighted by atomic mass is 10.0. The maximum absolute atomic E-state index is 12.9. The Kier molecular flexibility index (Phi) is 12.4. The average molecular weight is 508 g/mol. The van der Waals surface area contributed by atoms with Crippen LogP contribution in [0.25, 0.3) is 0 Å². The minimum Gasteiger partial charge on any atom is -0.494 e. The van der Waals surface area contributed by atoms with Gasteiger partial charge in [-0.3, -0.25) is 9.89 Å². The van der Waals surface area contributed by atoms with Crippen LogP contribution >= 0.6 is 24.0 Å². The first-order valence-corrected chi connectivity index (χ1v) is 9.75. The third-order valence-electron chi connectivity index (χ3n) is 4.68. The third kappa shape index (κ3) is 8.91. The van der Waals surface area contributed by atoms with Crippen LogP contribution in [0.3, 0.4) is 0 Å². The highest BCUT2D eigenvalue weighted by Gasteiger charge is 2.23. The summed E-state index contributed by atoms with van der Waals surface area (Å²) < 4.78 is 23.9. The molecule has 28 heavy (non-hydrogen) atoms. The van der Waals surface area contributed by atoms with Crippen molar-refractivity contribution in [1.29, 1.82) is 0 Å². The molecule has 0 amide bonds. The van der Waals surface area contributed by atoms with Gasteiger partial charge in [-0.15, -0.1) is 24.0 Å². The molecule has 8 heteroatoms. The molecule has 1 fully saturated rings. The normalized spacial score (nSPS) is 16.4. The van der Waals surface area contributed by atoms with Crippen molar-refractivity contribution in [2.75, 3.05) is 53.0 Å². The van der Waals surface area contributed by atoms with E-state index in [4.69, 9.17) is 9.47 Å². The first-order valence-electron chi connectivity index (χ1n) is 9.75. The van der Waals surface area contributed by atoms with Crippen LogP contribution in [0.1, 0.15) is 20.3 Å². The van der Waals surface area contributed by atoms with Crippen molar-refractivity contribution in [3.05, 3.63) is 30.1 Å². The second-order valence-corrected chi connectivity index (χ2v) is 7.00. The Labute approximate surface area is 185 Å². The molecule has 1 aromatic carbocycles. The highest BCUT2D eigenvalue weighted by molar-refractivity contribution is 14.0. The third-order valence-corrected chi connectivity index (χ3v) is 4.68. The van der Waals surface area contributed by atoms with Crippen molar-refractivity contribution in [2.45, 2.75) is 26.3 Å². The minimum absolute atomic E-state index is 0. The van der Waals surface area contributed by atoms with Gasteiger partial charge in [0.1, 0.15) is 11.6 Å². The van der Waals surface area contributed by atoms with E-state index in [0.717, 1.165) is 51.8 Å². The molecule has 2 rings (SSSR count). The molecule has 0 aromatic heterocycles. The second-order valence-electron chi connectivity index (χ2n) is 7.00. The first-order chi connectivity index (χ1) is 13.1. The lowest BCUT2D eigenvalue weighted by molar-refractivity contribution is 0.00752. The molecule has 1 heterocycles. The zero-order valence-corrected chi connectivity index (χ0v) is 19.4. The van der Waals surface area contributed by atoms with Crippen molar-refractivity contribution in [3.63, 3.8) is 0 Å². The molecule has 1 aliphatic rings. The number of nitrogens with one attached hydrogen (secondary N) is 2. The SMILES string of the molecule is CN=C(NCCCOc1ccc(F)cc1)NCC(C(C)C)N1CCOCC1.I. The predicted molar refractivity (Wildman–Crippen MR) is 122 cm³/mol. The molecule has 1 saturated heterocycles. The monoisotopic (exact) mass is 508 g/mol. The van der Waals surface area contributed by atoms with Crippen molar-refractivity contribution in [2.24, 2.45) is 10.9 Å². The van der Waals surface area contributed by atoms with E-state index in [-0.39, 0.29) is 29.8 Å². The fraction of sp³-hybridized carbons (Fsp3) is 0.650. The highest BCUT2D eigenvalue weighted by atomic mass is 127. The summed E-state index contributed by atoms with van der Waals surface area (Å²) in [7, 11) is 1.78. The highest BCUT2D eigenvalue weighted by Crippen LogP contribution is 2.12. The number of nitrogens with zero attached hydrogens (tertiary/aromatic N) is 2. The Morgan fingerprint density at radius 1 is 1.21 bits per heavy atom. The topological polar surface area (TPSA) is 58.1 Å². The summed E-state index contributed by atoms with van der Waals surface area (Å²) in [6.45, 7) is 10.3. The molecule has 1 unspecified atom stereocenters. The maximum Gasteiger partial charge on any atom is 0.191 e. The molecule has 0 radical (unpaired) electrons. The van der Waals surface area contributed by atoms with Gasteiger partial charge in [0.05, 0.1) is 19.8 Å². The summed E-state index contributed by atoms with van der Waals surface area (Å²) in [4.78, 5) is 6.79. The van der Waals surface area contributed by atoms with Crippen LogP contribution in [-0.2, 0) is 4.74 Å². The van der Waals surface area contributed by atoms with Crippen LogP contribution in [0, 0.1) is 11.7 Å². The zero-order valence-electron chi connectivity index (χ0n) is 17.1. The van der Waals surface area contributed by atoms with Gasteiger partial charge < -0.3 is 20.1 Å². The lowest BCUT2D eigenvalue weighted by Gasteiger charge is -2.37. The number of guanidine groups is 1. The summed E-state index contributed by atoms with van der Waals surface area (Å²) in [6, 6.07) is 6.54. The summed E-state index contributed by atoms with van der Waals surface area (Å²) in [5.74, 6) is 1.79. The molecule has 160 valence electrons. The van der Waals surface area contributed by atoms with Gasteiger partial charge in [0.2, 0.25) is 0 Å². The molecule has 1 aliphatic heterocycles. The first kappa shape index (κ1) is 24.9. The summed E-state index contributed by atoms with van der Waals surface area (Å²) >= 11 is 0. The fourth-order valence-electron chi connectivity index (χ4n) is 3.12. The summed E-state index contributed by atoms with van der Waals surface area (Å²) in [5, 5.41) is 6.75. The smallest absolute Gasteiger partial charge is 0.191 e. The van der Waals surface area contributed by atoms with E-state index in [9.17, 15) is 4.39 Å². The van der Waals surface area contributed by atoms with Crippen LogP contribution in [0.5, 0.6) is 5.75 Å². The number of morpholine rings is 1. The van der Waals surface area contributed by atoms with E-state index in [1.165, 1.54) is 12.1 Å². The van der Waals surface area contributed by atoms with E-state index < -0.39 is 0 Å². The van der Waals surface area contributed by atoms with Crippen LogP contribution in [0.2, 0.25) is 0 Å². The van der Waals surface area contributed by atoms with Crippen LogP contribution < -0.4 is 15.4 Å². The molecule has 0 spiro atoms. The van der Waals surface area contributed by atoms with Gasteiger partial charge >= 0.3 is 0 Å². The maximum atomic E-state index is 12.9. The van der Waals surface area contributed by atoms with Crippen LogP contribution in [0.15, 0.2) is 29.3 Å². The number of rotatable bonds is 9. The molecular weight excluding hydrogens is 474 g/mol. The van der Waals surface area contributed by atoms with Gasteiger partial charge in [0.15, 0.2) is 5.96 Å². The summed E-state index contributed by atoms with van der Waals surface area (Å²) in [5.41, 5.74) is 0. The van der Waals surface area contributed by atoms with E-state index in [0.29, 0.717) is 24.3 Å². The minimum atomic E-state index is -0.254. The Morgan fingerprint density at radius 3 is 2.50 bits per heavy atom. The lowest BCUT2D eigenvalue weighted by Crippen LogP contribution is -2.52. The fourth-order valence-corrected chi connectivity index (χ4v) is 3.12. The largest absolute Gasteiger partial charge is 0.494 e. The van der Waals surface area contributed by atoms with Crippen molar-refractivity contribution in [3.8, 4) is 5.75 Å². The van der Waals surface area contributed by atoms with Gasteiger partial charge in [-0.25, -0.2) is 4.39 Å². The second kappa shape index (κ2) is 13.9. The zero-order chi connectivity index (χ0) is 19.5. The number of hydrogen-bond donors (Lipinski definition) is 2. The number of halogens is 2. The van der Waals surface area contributed by atoms with E-state index in [1.807, 2.05) is 0 Å². The Balaban J connectivity index is 0.00000392. The standard InChI is InChI=1S/C20H33FN4O2.HI/c1-16(2)19(25-10-13-26-14-11-25)15-24-20(22-3)23-9-4-12-27-18-7-5-17(21)6-8-18;/h5-8,16,19H,4,9-15H2,1-3H3,(H2,22,23,24);1H. The number of hydrogen-bond acceptors (Lipinski definition) is 4. The predicted octanol–water partition coefficient (Wildman–Crippen LogP) is 2.73. The molecule has 0 aliphatic carbocycles. The molecular formula is C20H34FIN4O2. The number of aliphatic imine (C=N–C) groups is 1. The Morgan fingerprint density at radius 2 is 1.89 bits per heavy atom. The van der Waals surface area contributed by atoms with E-state index in [2.05, 4.69) is 34.4 Å². The van der Waals surface area contributed by atoms with E-state index >= 15 is 0 Å².